The quantitative estimate of drug-likeness (QED) is 0.828. The lowest BCUT2D eigenvalue weighted by atomic mass is 10.1. The minimum atomic E-state index is -0.000472. The number of hydrogen-bond donors (Lipinski definition) is 2. The molecule has 1 saturated heterocycles. The molecular weight excluding hydrogens is 214 g/mol. The van der Waals surface area contributed by atoms with Gasteiger partial charge in [0.05, 0.1) is 11.6 Å². The standard InChI is InChI=1S/C13H15N3O/c14-9-10-3-1-4-12(7-10)16-13(17)8-11-5-2-6-15-11/h1,3-4,7,11,15H,2,5-6,8H2,(H,16,17). The van der Waals surface area contributed by atoms with Crippen molar-refractivity contribution in [2.24, 2.45) is 0 Å². The summed E-state index contributed by atoms with van der Waals surface area (Å²) < 4.78 is 0. The summed E-state index contributed by atoms with van der Waals surface area (Å²) >= 11 is 0. The van der Waals surface area contributed by atoms with E-state index in [1.165, 1.54) is 0 Å². The first-order valence-corrected chi connectivity index (χ1v) is 5.81. The Bertz CT molecular complexity index is 444. The van der Waals surface area contributed by atoms with Crippen LogP contribution in [-0.4, -0.2) is 18.5 Å². The van der Waals surface area contributed by atoms with Crippen LogP contribution in [0.5, 0.6) is 0 Å². The second kappa shape index (κ2) is 5.46. The zero-order valence-corrected chi connectivity index (χ0v) is 9.57. The normalized spacial score (nSPS) is 18.6. The predicted molar refractivity (Wildman–Crippen MR) is 65.4 cm³/mol. The Balaban J connectivity index is 1.91. The van der Waals surface area contributed by atoms with Crippen molar-refractivity contribution < 1.29 is 4.79 Å². The Labute approximate surface area is 101 Å². The SMILES string of the molecule is N#Cc1cccc(NC(=O)CC2CCCN2)c1. The Morgan fingerprint density at radius 3 is 3.18 bits per heavy atom. The van der Waals surface area contributed by atoms with E-state index in [4.69, 9.17) is 5.26 Å². The molecular formula is C13H15N3O. The van der Waals surface area contributed by atoms with Crippen molar-refractivity contribution >= 4 is 11.6 Å². The van der Waals surface area contributed by atoms with Gasteiger partial charge in [-0.1, -0.05) is 6.07 Å². The summed E-state index contributed by atoms with van der Waals surface area (Å²) in [7, 11) is 0. The predicted octanol–water partition coefficient (Wildman–Crippen LogP) is 1.64. The fraction of sp³-hybridized carbons (Fsp3) is 0.385. The van der Waals surface area contributed by atoms with Gasteiger partial charge in [-0.05, 0) is 37.6 Å². The number of carbonyl (C=O) groups excluding carboxylic acids is 1. The summed E-state index contributed by atoms with van der Waals surface area (Å²) in [6, 6.07) is 9.31. The smallest absolute Gasteiger partial charge is 0.225 e. The van der Waals surface area contributed by atoms with Gasteiger partial charge >= 0.3 is 0 Å². The Morgan fingerprint density at radius 1 is 1.59 bits per heavy atom. The molecule has 0 saturated carbocycles. The number of hydrogen-bond acceptors (Lipinski definition) is 3. The maximum Gasteiger partial charge on any atom is 0.225 e. The summed E-state index contributed by atoms with van der Waals surface area (Å²) in [5, 5.41) is 14.8. The first-order chi connectivity index (χ1) is 8.28. The van der Waals surface area contributed by atoms with Gasteiger partial charge < -0.3 is 10.6 Å². The number of benzene rings is 1. The molecule has 1 unspecified atom stereocenters. The van der Waals surface area contributed by atoms with Crippen LogP contribution in [0.15, 0.2) is 24.3 Å². The van der Waals surface area contributed by atoms with E-state index in [0.717, 1.165) is 19.4 Å². The summed E-state index contributed by atoms with van der Waals surface area (Å²) in [4.78, 5) is 11.7. The van der Waals surface area contributed by atoms with Crippen LogP contribution < -0.4 is 10.6 Å². The summed E-state index contributed by atoms with van der Waals surface area (Å²) in [5.74, 6) is -0.000472. The average Bonchev–Trinajstić information content (AvgIpc) is 2.82. The van der Waals surface area contributed by atoms with Gasteiger partial charge in [0.25, 0.3) is 0 Å². The molecule has 1 atom stereocenters. The highest BCUT2D eigenvalue weighted by Crippen LogP contribution is 2.13. The van der Waals surface area contributed by atoms with Gasteiger partial charge in [-0.15, -0.1) is 0 Å². The number of nitriles is 1. The fourth-order valence-corrected chi connectivity index (χ4v) is 2.03. The van der Waals surface area contributed by atoms with Crippen molar-refractivity contribution in [2.75, 3.05) is 11.9 Å². The maximum absolute atomic E-state index is 11.7. The molecule has 0 radical (unpaired) electrons. The van der Waals surface area contributed by atoms with Crippen molar-refractivity contribution in [3.05, 3.63) is 29.8 Å². The second-order valence-corrected chi connectivity index (χ2v) is 4.24. The number of anilines is 1. The molecule has 4 heteroatoms. The molecule has 1 fully saturated rings. The van der Waals surface area contributed by atoms with Crippen molar-refractivity contribution in [3.63, 3.8) is 0 Å². The third-order valence-electron chi connectivity index (χ3n) is 2.87. The summed E-state index contributed by atoms with van der Waals surface area (Å²) in [6.07, 6.45) is 2.70. The molecule has 4 nitrogen and oxygen atoms in total. The lowest BCUT2D eigenvalue weighted by Gasteiger charge is -2.10. The van der Waals surface area contributed by atoms with Gasteiger partial charge in [0.15, 0.2) is 0 Å². The van der Waals surface area contributed by atoms with Crippen LogP contribution in [0.25, 0.3) is 0 Å². The number of rotatable bonds is 3. The molecule has 0 spiro atoms. The molecule has 2 rings (SSSR count). The molecule has 2 N–H and O–H groups in total. The zero-order chi connectivity index (χ0) is 12.1. The van der Waals surface area contributed by atoms with Crippen LogP contribution in [0, 0.1) is 11.3 Å². The molecule has 88 valence electrons. The number of nitrogens with one attached hydrogen (secondary N) is 2. The molecule has 1 aromatic carbocycles. The summed E-state index contributed by atoms with van der Waals surface area (Å²) in [5.41, 5.74) is 1.24. The Hall–Kier alpha value is -1.86. The third-order valence-corrected chi connectivity index (χ3v) is 2.87. The highest BCUT2D eigenvalue weighted by Gasteiger charge is 2.17. The largest absolute Gasteiger partial charge is 0.326 e. The topological polar surface area (TPSA) is 64.9 Å². The van der Waals surface area contributed by atoms with Gasteiger partial charge in [0, 0.05) is 18.2 Å². The molecule has 17 heavy (non-hydrogen) atoms. The molecule has 0 bridgehead atoms. The molecule has 1 amide bonds. The minimum Gasteiger partial charge on any atom is -0.326 e. The lowest BCUT2D eigenvalue weighted by Crippen LogP contribution is -2.27. The molecule has 1 aliphatic rings. The zero-order valence-electron chi connectivity index (χ0n) is 9.57. The van der Waals surface area contributed by atoms with Crippen LogP contribution in [0.1, 0.15) is 24.8 Å². The van der Waals surface area contributed by atoms with E-state index in [-0.39, 0.29) is 5.91 Å². The van der Waals surface area contributed by atoms with E-state index in [1.54, 1.807) is 24.3 Å². The van der Waals surface area contributed by atoms with Crippen LogP contribution in [0.4, 0.5) is 5.69 Å². The lowest BCUT2D eigenvalue weighted by molar-refractivity contribution is -0.116. The van der Waals surface area contributed by atoms with Crippen molar-refractivity contribution in [1.29, 1.82) is 5.26 Å². The number of amides is 1. The first kappa shape index (κ1) is 11.6. The third kappa shape index (κ3) is 3.30. The van der Waals surface area contributed by atoms with Gasteiger partial charge in [-0.25, -0.2) is 0 Å². The van der Waals surface area contributed by atoms with E-state index in [0.29, 0.717) is 23.7 Å². The number of carbonyl (C=O) groups is 1. The monoisotopic (exact) mass is 229 g/mol. The molecule has 1 aliphatic heterocycles. The van der Waals surface area contributed by atoms with Crippen molar-refractivity contribution in [2.45, 2.75) is 25.3 Å². The average molecular weight is 229 g/mol. The maximum atomic E-state index is 11.7. The first-order valence-electron chi connectivity index (χ1n) is 5.81. The second-order valence-electron chi connectivity index (χ2n) is 4.24. The van der Waals surface area contributed by atoms with E-state index in [9.17, 15) is 4.79 Å². The molecule has 1 heterocycles. The van der Waals surface area contributed by atoms with E-state index in [2.05, 4.69) is 16.7 Å². The van der Waals surface area contributed by atoms with Crippen molar-refractivity contribution in [3.8, 4) is 6.07 Å². The number of nitrogens with zero attached hydrogens (tertiary/aromatic N) is 1. The highest BCUT2D eigenvalue weighted by atomic mass is 16.1. The van der Waals surface area contributed by atoms with Gasteiger partial charge in [0.2, 0.25) is 5.91 Å². The summed E-state index contributed by atoms with van der Waals surface area (Å²) in [6.45, 7) is 1.00. The van der Waals surface area contributed by atoms with Crippen LogP contribution in [0.3, 0.4) is 0 Å². The van der Waals surface area contributed by atoms with E-state index >= 15 is 0 Å². The fourth-order valence-electron chi connectivity index (χ4n) is 2.03. The van der Waals surface area contributed by atoms with Crippen LogP contribution in [-0.2, 0) is 4.79 Å². The van der Waals surface area contributed by atoms with Crippen LogP contribution in [0.2, 0.25) is 0 Å². The molecule has 1 aromatic rings. The highest BCUT2D eigenvalue weighted by molar-refractivity contribution is 5.91. The van der Waals surface area contributed by atoms with Crippen molar-refractivity contribution in [1.82, 2.24) is 5.32 Å². The van der Waals surface area contributed by atoms with Crippen LogP contribution >= 0.6 is 0 Å². The minimum absolute atomic E-state index is 0.000472. The van der Waals surface area contributed by atoms with E-state index < -0.39 is 0 Å². The van der Waals surface area contributed by atoms with Gasteiger partial charge in [0.1, 0.15) is 0 Å². The van der Waals surface area contributed by atoms with Gasteiger partial charge in [-0.2, -0.15) is 5.26 Å². The van der Waals surface area contributed by atoms with E-state index in [1.807, 2.05) is 0 Å². The molecule has 0 aromatic heterocycles. The Kier molecular flexibility index (Phi) is 3.73. The Morgan fingerprint density at radius 2 is 2.47 bits per heavy atom. The van der Waals surface area contributed by atoms with Gasteiger partial charge in [-0.3, -0.25) is 4.79 Å². The molecule has 0 aliphatic carbocycles.